The van der Waals surface area contributed by atoms with Crippen molar-refractivity contribution in [2.75, 3.05) is 6.54 Å². The third-order valence-corrected chi connectivity index (χ3v) is 6.34. The van der Waals surface area contributed by atoms with Crippen LogP contribution in [0.3, 0.4) is 0 Å². The number of carbonyl (C=O) groups is 1. The molecule has 6 nitrogen and oxygen atoms in total. The third-order valence-electron chi connectivity index (χ3n) is 6.34. The summed E-state index contributed by atoms with van der Waals surface area (Å²) >= 11 is 0. The predicted molar refractivity (Wildman–Crippen MR) is 124 cm³/mol. The Labute approximate surface area is 187 Å². The number of carboxylic acids is 1. The number of aliphatic carboxylic acids is 1. The van der Waals surface area contributed by atoms with Crippen LogP contribution in [0.2, 0.25) is 0 Å². The Morgan fingerprint density at radius 2 is 1.84 bits per heavy atom. The number of hydrogen-bond acceptors (Lipinski definition) is 4. The summed E-state index contributed by atoms with van der Waals surface area (Å²) in [6, 6.07) is 20.1. The van der Waals surface area contributed by atoms with E-state index >= 15 is 0 Å². The minimum atomic E-state index is -0.734. The Morgan fingerprint density at radius 1 is 1.03 bits per heavy atom. The van der Waals surface area contributed by atoms with Gasteiger partial charge in [0.15, 0.2) is 11.5 Å². The van der Waals surface area contributed by atoms with E-state index in [2.05, 4.69) is 36.1 Å². The van der Waals surface area contributed by atoms with E-state index in [9.17, 15) is 9.90 Å². The van der Waals surface area contributed by atoms with Gasteiger partial charge >= 0.3 is 5.97 Å². The molecule has 2 aromatic carbocycles. The maximum Gasteiger partial charge on any atom is 0.320 e. The van der Waals surface area contributed by atoms with Crippen molar-refractivity contribution in [2.45, 2.75) is 38.8 Å². The average Bonchev–Trinajstić information content (AvgIpc) is 3.23. The average molecular weight is 427 g/mol. The van der Waals surface area contributed by atoms with Crippen LogP contribution in [0.5, 0.6) is 0 Å². The van der Waals surface area contributed by atoms with Crippen LogP contribution in [0.1, 0.15) is 30.4 Å². The number of fused-ring (bicyclic) bond motifs is 1. The van der Waals surface area contributed by atoms with Gasteiger partial charge in [-0.2, -0.15) is 0 Å². The molecule has 0 unspecified atom stereocenters. The van der Waals surface area contributed by atoms with Crippen molar-refractivity contribution >= 4 is 11.6 Å². The summed E-state index contributed by atoms with van der Waals surface area (Å²) in [6.45, 7) is 3.52. The van der Waals surface area contributed by atoms with Gasteiger partial charge in [-0.05, 0) is 54.6 Å². The number of pyridine rings is 1. The zero-order chi connectivity index (χ0) is 22.1. The normalized spacial score (nSPS) is 17.0. The first-order valence-electron chi connectivity index (χ1n) is 11.1. The molecular weight excluding hydrogens is 400 g/mol. The fraction of sp³-hybridized carbons (Fsp3) is 0.269. The number of nitrogens with zero attached hydrogens (tertiary/aromatic N) is 4. The second-order valence-electron chi connectivity index (χ2n) is 8.44. The molecule has 32 heavy (non-hydrogen) atoms. The number of carboxylic acid groups (broad SMARTS) is 1. The molecule has 3 heterocycles. The lowest BCUT2D eigenvalue weighted by Crippen LogP contribution is -2.44. The van der Waals surface area contributed by atoms with E-state index < -0.39 is 12.0 Å². The van der Waals surface area contributed by atoms with Crippen LogP contribution in [-0.2, 0) is 11.3 Å². The summed E-state index contributed by atoms with van der Waals surface area (Å²) in [5.41, 5.74) is 6.32. The Hall–Kier alpha value is -3.51. The Morgan fingerprint density at radius 3 is 2.66 bits per heavy atom. The largest absolute Gasteiger partial charge is 0.480 e. The highest BCUT2D eigenvalue weighted by atomic mass is 16.4. The third kappa shape index (κ3) is 3.89. The van der Waals surface area contributed by atoms with Crippen LogP contribution in [0.4, 0.5) is 0 Å². The minimum Gasteiger partial charge on any atom is -0.480 e. The Kier molecular flexibility index (Phi) is 5.45. The Bertz CT molecular complexity index is 1270. The fourth-order valence-electron chi connectivity index (χ4n) is 4.64. The summed E-state index contributed by atoms with van der Waals surface area (Å²) in [4.78, 5) is 18.4. The first kappa shape index (κ1) is 20.4. The van der Waals surface area contributed by atoms with Gasteiger partial charge in [0.05, 0.1) is 0 Å². The number of piperidine rings is 1. The van der Waals surface area contributed by atoms with Crippen molar-refractivity contribution in [3.8, 4) is 22.5 Å². The summed E-state index contributed by atoms with van der Waals surface area (Å²) < 4.78 is 1.80. The fourth-order valence-corrected chi connectivity index (χ4v) is 4.64. The van der Waals surface area contributed by atoms with Crippen LogP contribution < -0.4 is 0 Å². The van der Waals surface area contributed by atoms with Crippen LogP contribution in [0.15, 0.2) is 66.9 Å². The lowest BCUT2D eigenvalue weighted by atomic mass is 9.96. The molecule has 1 fully saturated rings. The molecule has 1 atom stereocenters. The van der Waals surface area contributed by atoms with Crippen molar-refractivity contribution in [3.05, 3.63) is 78.0 Å². The topological polar surface area (TPSA) is 70.7 Å². The molecular formula is C26H26N4O2. The van der Waals surface area contributed by atoms with Crippen LogP contribution in [0, 0.1) is 6.92 Å². The first-order valence-corrected chi connectivity index (χ1v) is 11.1. The molecule has 1 N–H and O–H groups in total. The minimum absolute atomic E-state index is 0.408. The highest BCUT2D eigenvalue weighted by Gasteiger charge is 2.28. The van der Waals surface area contributed by atoms with Crippen molar-refractivity contribution < 1.29 is 9.90 Å². The highest BCUT2D eigenvalue weighted by molar-refractivity contribution is 5.76. The van der Waals surface area contributed by atoms with Crippen molar-refractivity contribution in [1.82, 2.24) is 19.5 Å². The van der Waals surface area contributed by atoms with Gasteiger partial charge in [0, 0.05) is 18.3 Å². The molecule has 0 amide bonds. The van der Waals surface area contributed by atoms with E-state index in [1.54, 1.807) is 4.52 Å². The zero-order valence-electron chi connectivity index (χ0n) is 18.1. The maximum atomic E-state index is 11.6. The number of hydrogen-bond donors (Lipinski definition) is 1. The van der Waals surface area contributed by atoms with Crippen molar-refractivity contribution in [1.29, 1.82) is 0 Å². The highest BCUT2D eigenvalue weighted by Crippen LogP contribution is 2.30. The second-order valence-corrected chi connectivity index (χ2v) is 8.44. The molecule has 5 rings (SSSR count). The van der Waals surface area contributed by atoms with E-state index in [1.165, 1.54) is 11.1 Å². The standard InChI is InChI=1S/C26H26N4O2/c1-18-21(20-8-3-2-4-9-20)10-7-11-22(18)25-27-24-14-13-19(17-30(24)28-25)16-29-15-6-5-12-23(29)26(31)32/h2-4,7-11,13-14,17,23H,5-6,12,15-16H2,1H3,(H,31,32)/t23-/m0/s1. The van der Waals surface area contributed by atoms with E-state index in [1.807, 2.05) is 42.6 Å². The van der Waals surface area contributed by atoms with Crippen LogP contribution in [0.25, 0.3) is 28.2 Å². The molecule has 162 valence electrons. The molecule has 0 saturated carbocycles. The van der Waals surface area contributed by atoms with E-state index in [0.717, 1.165) is 41.7 Å². The number of aromatic nitrogens is 3. The van der Waals surface area contributed by atoms with Gasteiger partial charge in [0.25, 0.3) is 0 Å². The monoisotopic (exact) mass is 426 g/mol. The van der Waals surface area contributed by atoms with Crippen LogP contribution in [-0.4, -0.2) is 43.2 Å². The smallest absolute Gasteiger partial charge is 0.320 e. The lowest BCUT2D eigenvalue weighted by molar-refractivity contribution is -0.144. The van der Waals surface area contributed by atoms with Gasteiger partial charge in [0.2, 0.25) is 0 Å². The predicted octanol–water partition coefficient (Wildman–Crippen LogP) is 4.81. The number of likely N-dealkylation sites (tertiary alicyclic amines) is 1. The van der Waals surface area contributed by atoms with Gasteiger partial charge in [-0.3, -0.25) is 9.69 Å². The quantitative estimate of drug-likeness (QED) is 0.496. The zero-order valence-corrected chi connectivity index (χ0v) is 18.1. The molecule has 1 saturated heterocycles. The SMILES string of the molecule is Cc1c(-c2ccccc2)cccc1-c1nc2ccc(CN3CCCC[C@H]3C(=O)O)cn2n1. The van der Waals surface area contributed by atoms with E-state index in [-0.39, 0.29) is 0 Å². The first-order chi connectivity index (χ1) is 15.6. The van der Waals surface area contributed by atoms with Crippen molar-refractivity contribution in [2.24, 2.45) is 0 Å². The molecule has 2 aromatic heterocycles. The summed E-state index contributed by atoms with van der Waals surface area (Å²) in [6.07, 6.45) is 4.69. The molecule has 6 heteroatoms. The van der Waals surface area contributed by atoms with Crippen LogP contribution >= 0.6 is 0 Å². The summed E-state index contributed by atoms with van der Waals surface area (Å²) in [7, 11) is 0. The summed E-state index contributed by atoms with van der Waals surface area (Å²) in [5.74, 6) is -0.0404. The molecule has 0 spiro atoms. The molecule has 4 aromatic rings. The molecule has 1 aliphatic rings. The van der Waals surface area contributed by atoms with Gasteiger partial charge < -0.3 is 5.11 Å². The molecule has 1 aliphatic heterocycles. The molecule has 0 radical (unpaired) electrons. The maximum absolute atomic E-state index is 11.6. The number of rotatable bonds is 5. The van der Waals surface area contributed by atoms with Gasteiger partial charge in [-0.15, -0.1) is 5.10 Å². The molecule has 0 aliphatic carbocycles. The Balaban J connectivity index is 1.46. The molecule has 0 bridgehead atoms. The second kappa shape index (κ2) is 8.55. The van der Waals surface area contributed by atoms with Gasteiger partial charge in [-0.1, -0.05) is 61.0 Å². The number of benzene rings is 2. The van der Waals surface area contributed by atoms with E-state index in [4.69, 9.17) is 10.1 Å². The van der Waals surface area contributed by atoms with Crippen molar-refractivity contribution in [3.63, 3.8) is 0 Å². The van der Waals surface area contributed by atoms with Gasteiger partial charge in [0.1, 0.15) is 6.04 Å². The lowest BCUT2D eigenvalue weighted by Gasteiger charge is -2.32. The summed E-state index contributed by atoms with van der Waals surface area (Å²) in [5, 5.41) is 14.3. The van der Waals surface area contributed by atoms with Gasteiger partial charge in [-0.25, -0.2) is 9.50 Å². The van der Waals surface area contributed by atoms with E-state index in [0.29, 0.717) is 18.8 Å².